The zero-order valence-corrected chi connectivity index (χ0v) is 18.2. The first-order valence-electron chi connectivity index (χ1n) is 11.1. The van der Waals surface area contributed by atoms with E-state index in [2.05, 4.69) is 15.5 Å². The third-order valence-corrected chi connectivity index (χ3v) is 6.11. The molecule has 1 amide bonds. The molecule has 4 N–H and O–H groups in total. The molecule has 1 atom stereocenters. The van der Waals surface area contributed by atoms with Crippen molar-refractivity contribution in [1.82, 2.24) is 20.0 Å². The second-order valence-corrected chi connectivity index (χ2v) is 8.31. The van der Waals surface area contributed by atoms with Crippen LogP contribution in [0.3, 0.4) is 0 Å². The van der Waals surface area contributed by atoms with E-state index in [-0.39, 0.29) is 6.04 Å². The fraction of sp³-hybridized carbons (Fsp3) is 0.333. The van der Waals surface area contributed by atoms with Crippen molar-refractivity contribution in [2.45, 2.75) is 19.4 Å². The molecule has 3 aromatic rings. The van der Waals surface area contributed by atoms with E-state index in [1.165, 1.54) is 5.56 Å². The number of fused-ring (bicyclic) bond motifs is 1. The summed E-state index contributed by atoms with van der Waals surface area (Å²) in [5.74, 6) is 0.998. The number of benzene rings is 2. The number of rotatable bonds is 5. The van der Waals surface area contributed by atoms with Gasteiger partial charge >= 0.3 is 0 Å². The number of aromatic nitrogens is 2. The lowest BCUT2D eigenvalue weighted by atomic mass is 10.0. The number of hydrogen-bond acceptors (Lipinski definition) is 6. The molecule has 0 aliphatic carbocycles. The van der Waals surface area contributed by atoms with Crippen LogP contribution in [0.1, 0.15) is 34.2 Å². The maximum Gasteiger partial charge on any atom is 0.269 e. The van der Waals surface area contributed by atoms with Gasteiger partial charge in [0.05, 0.1) is 17.4 Å². The van der Waals surface area contributed by atoms with Crippen molar-refractivity contribution in [3.8, 4) is 17.2 Å². The summed E-state index contributed by atoms with van der Waals surface area (Å²) in [5.41, 5.74) is 9.80. The van der Waals surface area contributed by atoms with Gasteiger partial charge in [-0.05, 0) is 49.7 Å². The third kappa shape index (κ3) is 3.94. The summed E-state index contributed by atoms with van der Waals surface area (Å²) in [6.45, 7) is 6.69. The van der Waals surface area contributed by atoms with E-state index >= 15 is 0 Å². The number of hydrogen-bond donors (Lipinski definition) is 3. The minimum Gasteiger partial charge on any atom is -0.457 e. The summed E-state index contributed by atoms with van der Waals surface area (Å²) < 4.78 is 7.60. The van der Waals surface area contributed by atoms with Gasteiger partial charge in [0.25, 0.3) is 5.91 Å². The van der Waals surface area contributed by atoms with Gasteiger partial charge in [0.15, 0.2) is 5.69 Å². The highest BCUT2D eigenvalue weighted by molar-refractivity contribution is 5.98. The Balaban J connectivity index is 1.46. The van der Waals surface area contributed by atoms with Gasteiger partial charge in [-0.25, -0.2) is 4.68 Å². The predicted molar refractivity (Wildman–Crippen MR) is 124 cm³/mol. The Morgan fingerprint density at radius 3 is 2.34 bits per heavy atom. The zero-order valence-electron chi connectivity index (χ0n) is 18.2. The standard InChI is InChI=1S/C24H28N6O2/c1-16-2-6-18(7-3-16)32-19-8-4-17(5-9-19)30-23(24(25)31)22-21(28-30)20(10-11-27-22)29-14-12-26-13-15-29/h2-9,20,26-27H,10-15H2,1H3,(H2,25,31)/t20-/m0/s1. The first-order chi connectivity index (χ1) is 15.6. The molecular formula is C24H28N6O2. The van der Waals surface area contributed by atoms with Crippen LogP contribution in [0.15, 0.2) is 48.5 Å². The molecule has 32 heavy (non-hydrogen) atoms. The Morgan fingerprint density at radius 1 is 1.03 bits per heavy atom. The number of nitrogens with zero attached hydrogens (tertiary/aromatic N) is 3. The van der Waals surface area contributed by atoms with Crippen LogP contribution in [0, 0.1) is 6.92 Å². The van der Waals surface area contributed by atoms with E-state index in [1.807, 2.05) is 55.5 Å². The molecule has 2 aromatic carbocycles. The van der Waals surface area contributed by atoms with E-state index in [1.54, 1.807) is 4.68 Å². The van der Waals surface area contributed by atoms with Gasteiger partial charge in [-0.15, -0.1) is 0 Å². The third-order valence-electron chi connectivity index (χ3n) is 6.11. The highest BCUT2D eigenvalue weighted by Gasteiger charge is 2.34. The minimum absolute atomic E-state index is 0.178. The SMILES string of the molecule is Cc1ccc(Oc2ccc(-n3nc4c(c3C(N)=O)NCC[C@@H]4N3CCNCC3)cc2)cc1. The summed E-state index contributed by atoms with van der Waals surface area (Å²) in [5, 5.41) is 11.6. The van der Waals surface area contributed by atoms with Crippen LogP contribution < -0.4 is 21.1 Å². The second kappa shape index (κ2) is 8.64. The molecule has 0 saturated carbocycles. The van der Waals surface area contributed by atoms with Crippen molar-refractivity contribution in [3.63, 3.8) is 0 Å². The van der Waals surface area contributed by atoms with Gasteiger partial charge in [0.1, 0.15) is 17.2 Å². The molecule has 5 rings (SSSR count). The van der Waals surface area contributed by atoms with Gasteiger partial charge in [-0.3, -0.25) is 9.69 Å². The average Bonchev–Trinajstić information content (AvgIpc) is 3.22. The Hall–Kier alpha value is -3.36. The quantitative estimate of drug-likeness (QED) is 0.574. The summed E-state index contributed by atoms with van der Waals surface area (Å²) in [7, 11) is 0. The molecule has 166 valence electrons. The number of nitrogens with one attached hydrogen (secondary N) is 2. The van der Waals surface area contributed by atoms with Crippen molar-refractivity contribution >= 4 is 11.6 Å². The summed E-state index contributed by atoms with van der Waals surface area (Å²) >= 11 is 0. The zero-order chi connectivity index (χ0) is 22.1. The molecule has 0 spiro atoms. The number of amides is 1. The van der Waals surface area contributed by atoms with E-state index in [0.29, 0.717) is 11.4 Å². The highest BCUT2D eigenvalue weighted by Crippen LogP contribution is 2.37. The maximum absolute atomic E-state index is 12.4. The maximum atomic E-state index is 12.4. The van der Waals surface area contributed by atoms with E-state index < -0.39 is 5.91 Å². The molecule has 8 heteroatoms. The van der Waals surface area contributed by atoms with Gasteiger partial charge < -0.3 is 21.1 Å². The number of aryl methyl sites for hydroxylation is 1. The second-order valence-electron chi connectivity index (χ2n) is 8.31. The molecule has 8 nitrogen and oxygen atoms in total. The van der Waals surface area contributed by atoms with Gasteiger partial charge in [-0.1, -0.05) is 17.7 Å². The average molecular weight is 433 g/mol. The van der Waals surface area contributed by atoms with Crippen molar-refractivity contribution in [1.29, 1.82) is 0 Å². The van der Waals surface area contributed by atoms with Gasteiger partial charge in [0.2, 0.25) is 0 Å². The Bertz CT molecular complexity index is 1100. The largest absolute Gasteiger partial charge is 0.457 e. The monoisotopic (exact) mass is 432 g/mol. The Kier molecular flexibility index (Phi) is 5.55. The summed E-state index contributed by atoms with van der Waals surface area (Å²) in [6.07, 6.45) is 0.950. The molecule has 1 saturated heterocycles. The topological polar surface area (TPSA) is 97.4 Å². The smallest absolute Gasteiger partial charge is 0.269 e. The number of primary amides is 1. The first-order valence-corrected chi connectivity index (χ1v) is 11.1. The summed E-state index contributed by atoms with van der Waals surface area (Å²) in [4.78, 5) is 14.9. The van der Waals surface area contributed by atoms with Crippen molar-refractivity contribution in [3.05, 3.63) is 65.5 Å². The Labute approximate surface area is 187 Å². The van der Waals surface area contributed by atoms with Crippen molar-refractivity contribution in [2.24, 2.45) is 5.73 Å². The molecule has 1 aromatic heterocycles. The molecule has 0 radical (unpaired) electrons. The lowest BCUT2D eigenvalue weighted by Gasteiger charge is -2.36. The van der Waals surface area contributed by atoms with Gasteiger partial charge in [-0.2, -0.15) is 5.10 Å². The van der Waals surface area contributed by atoms with Crippen LogP contribution in [-0.2, 0) is 0 Å². The molecule has 2 aliphatic heterocycles. The first kappa shape index (κ1) is 20.5. The van der Waals surface area contributed by atoms with Crippen LogP contribution >= 0.6 is 0 Å². The van der Waals surface area contributed by atoms with Crippen molar-refractivity contribution < 1.29 is 9.53 Å². The number of nitrogens with two attached hydrogens (primary N) is 1. The molecule has 0 bridgehead atoms. The number of anilines is 1. The lowest BCUT2D eigenvalue weighted by Crippen LogP contribution is -2.46. The number of piperazine rings is 1. The van der Waals surface area contributed by atoms with Crippen LogP contribution in [0.25, 0.3) is 5.69 Å². The minimum atomic E-state index is -0.493. The molecule has 2 aliphatic rings. The fourth-order valence-corrected chi connectivity index (χ4v) is 4.47. The molecule has 1 fully saturated rings. The van der Waals surface area contributed by atoms with E-state index in [0.717, 1.165) is 62.0 Å². The Morgan fingerprint density at radius 2 is 1.69 bits per heavy atom. The molecule has 3 heterocycles. The van der Waals surface area contributed by atoms with Crippen molar-refractivity contribution in [2.75, 3.05) is 38.0 Å². The fourth-order valence-electron chi connectivity index (χ4n) is 4.47. The summed E-state index contributed by atoms with van der Waals surface area (Å²) in [6, 6.07) is 15.6. The van der Waals surface area contributed by atoms with Crippen LogP contribution in [0.4, 0.5) is 5.69 Å². The number of ether oxygens (including phenoxy) is 1. The normalized spacial score (nSPS) is 18.6. The highest BCUT2D eigenvalue weighted by atomic mass is 16.5. The van der Waals surface area contributed by atoms with Crippen LogP contribution in [-0.4, -0.2) is 53.3 Å². The van der Waals surface area contributed by atoms with Crippen LogP contribution in [0.2, 0.25) is 0 Å². The molecule has 0 unspecified atom stereocenters. The van der Waals surface area contributed by atoms with E-state index in [4.69, 9.17) is 15.6 Å². The predicted octanol–water partition coefficient (Wildman–Crippen LogP) is 2.83. The number of carbonyl (C=O) groups is 1. The van der Waals surface area contributed by atoms with Crippen LogP contribution in [0.5, 0.6) is 11.5 Å². The molecular weight excluding hydrogens is 404 g/mol. The lowest BCUT2D eigenvalue weighted by molar-refractivity contribution is 0.0993. The van der Waals surface area contributed by atoms with Gasteiger partial charge in [0, 0.05) is 32.7 Å². The number of carbonyl (C=O) groups excluding carboxylic acids is 1. The van der Waals surface area contributed by atoms with E-state index in [9.17, 15) is 4.79 Å².